The Morgan fingerprint density at radius 2 is 2.29 bits per heavy atom. The molecule has 2 rings (SSSR count). The molecule has 14 heavy (non-hydrogen) atoms. The van der Waals surface area contributed by atoms with Crippen molar-refractivity contribution in [2.45, 2.75) is 38.7 Å². The van der Waals surface area contributed by atoms with E-state index in [2.05, 4.69) is 0 Å². The Bertz CT molecular complexity index is 215. The quantitative estimate of drug-likeness (QED) is 0.634. The highest BCUT2D eigenvalue weighted by molar-refractivity contribution is 5.73. The molecule has 0 aromatic heterocycles. The van der Waals surface area contributed by atoms with Crippen LogP contribution in [0.3, 0.4) is 0 Å². The average molecular weight is 198 g/mol. The van der Waals surface area contributed by atoms with Crippen LogP contribution in [0.5, 0.6) is 0 Å². The third kappa shape index (κ3) is 1.78. The van der Waals surface area contributed by atoms with Gasteiger partial charge in [0, 0.05) is 12.5 Å². The van der Waals surface area contributed by atoms with Crippen molar-refractivity contribution in [1.82, 2.24) is 0 Å². The summed E-state index contributed by atoms with van der Waals surface area (Å²) in [6.07, 6.45) is 4.58. The molecule has 0 radical (unpaired) electrons. The fourth-order valence-electron chi connectivity index (χ4n) is 2.72. The lowest BCUT2D eigenvalue weighted by Gasteiger charge is -2.30. The van der Waals surface area contributed by atoms with E-state index in [-0.39, 0.29) is 11.9 Å². The number of ether oxygens (including phenoxy) is 2. The van der Waals surface area contributed by atoms with Crippen molar-refractivity contribution >= 4 is 5.97 Å². The van der Waals surface area contributed by atoms with Crippen molar-refractivity contribution in [1.29, 1.82) is 0 Å². The van der Waals surface area contributed by atoms with E-state index < -0.39 is 0 Å². The number of fused-ring (bicyclic) bond motifs is 1. The maximum absolute atomic E-state index is 11.7. The third-order valence-electron chi connectivity index (χ3n) is 3.37. The topological polar surface area (TPSA) is 35.5 Å². The highest BCUT2D eigenvalue weighted by Crippen LogP contribution is 2.39. The van der Waals surface area contributed by atoms with Crippen molar-refractivity contribution < 1.29 is 14.3 Å². The van der Waals surface area contributed by atoms with Crippen molar-refractivity contribution in [2.24, 2.45) is 11.8 Å². The lowest BCUT2D eigenvalue weighted by atomic mass is 9.77. The van der Waals surface area contributed by atoms with Gasteiger partial charge in [-0.15, -0.1) is 0 Å². The minimum Gasteiger partial charge on any atom is -0.466 e. The molecule has 1 saturated carbocycles. The molecule has 0 unspecified atom stereocenters. The second-order valence-electron chi connectivity index (χ2n) is 4.15. The Morgan fingerprint density at radius 1 is 1.43 bits per heavy atom. The number of carbonyl (C=O) groups excluding carboxylic acids is 1. The average Bonchev–Trinajstić information content (AvgIpc) is 2.65. The van der Waals surface area contributed by atoms with Gasteiger partial charge in [-0.25, -0.2) is 0 Å². The highest BCUT2D eigenvalue weighted by atomic mass is 16.5. The second kappa shape index (κ2) is 4.30. The van der Waals surface area contributed by atoms with Gasteiger partial charge < -0.3 is 9.47 Å². The second-order valence-corrected chi connectivity index (χ2v) is 4.15. The lowest BCUT2D eigenvalue weighted by molar-refractivity contribution is -0.152. The predicted octanol–water partition coefficient (Wildman–Crippen LogP) is 1.75. The third-order valence-corrected chi connectivity index (χ3v) is 3.37. The van der Waals surface area contributed by atoms with E-state index in [1.807, 2.05) is 6.92 Å². The highest BCUT2D eigenvalue weighted by Gasteiger charge is 2.41. The molecule has 3 nitrogen and oxygen atoms in total. The van der Waals surface area contributed by atoms with Gasteiger partial charge in [-0.05, 0) is 32.6 Å². The van der Waals surface area contributed by atoms with Gasteiger partial charge in [0.15, 0.2) is 0 Å². The predicted molar refractivity (Wildman–Crippen MR) is 51.8 cm³/mol. The normalized spacial score (nSPS) is 36.5. The fourth-order valence-corrected chi connectivity index (χ4v) is 2.72. The Morgan fingerprint density at radius 3 is 3.07 bits per heavy atom. The van der Waals surface area contributed by atoms with E-state index in [4.69, 9.17) is 9.47 Å². The summed E-state index contributed by atoms with van der Waals surface area (Å²) in [5.74, 6) is 0.534. The van der Waals surface area contributed by atoms with Gasteiger partial charge in [0.1, 0.15) is 0 Å². The zero-order chi connectivity index (χ0) is 9.97. The Labute approximate surface area is 84.8 Å². The van der Waals surface area contributed by atoms with E-state index in [9.17, 15) is 4.79 Å². The molecule has 3 heteroatoms. The van der Waals surface area contributed by atoms with Crippen LogP contribution < -0.4 is 0 Å². The minimum atomic E-state index is -0.00676. The summed E-state index contributed by atoms with van der Waals surface area (Å²) in [6, 6.07) is 0. The molecular formula is C11H18O3. The maximum Gasteiger partial charge on any atom is 0.309 e. The van der Waals surface area contributed by atoms with Gasteiger partial charge in [-0.2, -0.15) is 0 Å². The molecule has 1 heterocycles. The van der Waals surface area contributed by atoms with Gasteiger partial charge in [-0.1, -0.05) is 0 Å². The van der Waals surface area contributed by atoms with E-state index in [0.717, 1.165) is 32.3 Å². The van der Waals surface area contributed by atoms with Gasteiger partial charge >= 0.3 is 5.97 Å². The van der Waals surface area contributed by atoms with Crippen molar-refractivity contribution in [3.8, 4) is 0 Å². The zero-order valence-corrected chi connectivity index (χ0v) is 8.70. The standard InChI is InChI=1S/C11H18O3/c1-2-13-11(12)9-4-3-5-10-8(9)6-7-14-10/h8-10H,2-7H2,1H3/t8-,9+,10-/m1/s1. The summed E-state index contributed by atoms with van der Waals surface area (Å²) in [5.41, 5.74) is 0. The van der Waals surface area contributed by atoms with Crippen LogP contribution >= 0.6 is 0 Å². The summed E-state index contributed by atoms with van der Waals surface area (Å²) >= 11 is 0. The molecule has 3 atom stereocenters. The fraction of sp³-hybridized carbons (Fsp3) is 0.909. The molecule has 80 valence electrons. The molecule has 0 aromatic rings. The number of hydrogen-bond donors (Lipinski definition) is 0. The SMILES string of the molecule is CCOC(=O)[C@H]1CCC[C@H]2OCC[C@H]12. The molecule has 1 aliphatic heterocycles. The summed E-state index contributed by atoms with van der Waals surface area (Å²) in [5, 5.41) is 0. The van der Waals surface area contributed by atoms with Crippen molar-refractivity contribution in [3.05, 3.63) is 0 Å². The van der Waals surface area contributed by atoms with Crippen LogP contribution in [0, 0.1) is 11.8 Å². The maximum atomic E-state index is 11.7. The van der Waals surface area contributed by atoms with Gasteiger partial charge in [0.05, 0.1) is 18.6 Å². The molecule has 0 spiro atoms. The molecule has 1 aliphatic carbocycles. The van der Waals surface area contributed by atoms with Crippen LogP contribution in [0.2, 0.25) is 0 Å². The molecule has 0 bridgehead atoms. The van der Waals surface area contributed by atoms with Crippen molar-refractivity contribution in [2.75, 3.05) is 13.2 Å². The first kappa shape index (κ1) is 9.97. The summed E-state index contributed by atoms with van der Waals surface area (Å²) < 4.78 is 10.7. The Hall–Kier alpha value is -0.570. The Kier molecular flexibility index (Phi) is 3.06. The summed E-state index contributed by atoms with van der Waals surface area (Å²) in [6.45, 7) is 3.18. The van der Waals surface area contributed by atoms with Crippen LogP contribution in [0.25, 0.3) is 0 Å². The van der Waals surface area contributed by atoms with Crippen LogP contribution in [-0.2, 0) is 14.3 Å². The zero-order valence-electron chi connectivity index (χ0n) is 8.70. The number of rotatable bonds is 2. The molecular weight excluding hydrogens is 180 g/mol. The molecule has 2 fully saturated rings. The summed E-state index contributed by atoms with van der Waals surface area (Å²) in [4.78, 5) is 11.7. The first-order chi connectivity index (χ1) is 6.83. The first-order valence-electron chi connectivity index (χ1n) is 5.61. The van der Waals surface area contributed by atoms with Crippen LogP contribution in [0.4, 0.5) is 0 Å². The molecule has 0 amide bonds. The van der Waals surface area contributed by atoms with Crippen molar-refractivity contribution in [3.63, 3.8) is 0 Å². The minimum absolute atomic E-state index is 0.00676. The van der Waals surface area contributed by atoms with Crippen LogP contribution in [0.1, 0.15) is 32.6 Å². The summed E-state index contributed by atoms with van der Waals surface area (Å²) in [7, 11) is 0. The van der Waals surface area contributed by atoms with E-state index in [1.54, 1.807) is 0 Å². The number of esters is 1. The largest absolute Gasteiger partial charge is 0.466 e. The first-order valence-corrected chi connectivity index (χ1v) is 5.61. The van der Waals surface area contributed by atoms with Crippen LogP contribution in [-0.4, -0.2) is 25.3 Å². The van der Waals surface area contributed by atoms with Crippen LogP contribution in [0.15, 0.2) is 0 Å². The number of hydrogen-bond acceptors (Lipinski definition) is 3. The molecule has 0 aromatic carbocycles. The smallest absolute Gasteiger partial charge is 0.309 e. The number of carbonyl (C=O) groups is 1. The monoisotopic (exact) mass is 198 g/mol. The Balaban J connectivity index is 1.99. The van der Waals surface area contributed by atoms with Gasteiger partial charge in [-0.3, -0.25) is 4.79 Å². The van der Waals surface area contributed by atoms with E-state index in [0.29, 0.717) is 18.6 Å². The molecule has 1 saturated heterocycles. The van der Waals surface area contributed by atoms with E-state index >= 15 is 0 Å². The van der Waals surface area contributed by atoms with Gasteiger partial charge in [0.25, 0.3) is 0 Å². The molecule has 0 N–H and O–H groups in total. The van der Waals surface area contributed by atoms with Gasteiger partial charge in [0.2, 0.25) is 0 Å². The molecule has 2 aliphatic rings. The van der Waals surface area contributed by atoms with E-state index in [1.165, 1.54) is 0 Å². The lowest BCUT2D eigenvalue weighted by Crippen LogP contribution is -2.35.